The Morgan fingerprint density at radius 3 is 2.61 bits per heavy atom. The molecule has 1 aliphatic rings. The molecule has 0 heterocycles. The molecule has 1 aliphatic carbocycles. The zero-order valence-corrected chi connectivity index (χ0v) is 11.9. The van der Waals surface area contributed by atoms with Gasteiger partial charge in [0.2, 0.25) is 0 Å². The van der Waals surface area contributed by atoms with Crippen LogP contribution in [0.3, 0.4) is 0 Å². The molecule has 0 fully saturated rings. The van der Waals surface area contributed by atoms with E-state index in [0.717, 1.165) is 24.8 Å². The molecule has 0 radical (unpaired) electrons. The third-order valence-corrected chi connectivity index (χ3v) is 4.35. The monoisotopic (exact) mass is 248 g/mol. The minimum absolute atomic E-state index is 0.0604. The molecule has 1 aromatic carbocycles. The van der Waals surface area contributed by atoms with Gasteiger partial charge in [0.15, 0.2) is 0 Å². The molecule has 2 N–H and O–H groups in total. The van der Waals surface area contributed by atoms with Gasteiger partial charge in [0.1, 0.15) is 0 Å². The molecule has 100 valence electrons. The summed E-state index contributed by atoms with van der Waals surface area (Å²) in [6, 6.07) is 2.15. The van der Waals surface area contributed by atoms with E-state index in [0.29, 0.717) is 0 Å². The first-order chi connectivity index (χ1) is 8.38. The Hall–Kier alpha value is -0.860. The summed E-state index contributed by atoms with van der Waals surface area (Å²) in [5.41, 5.74) is 6.30. The van der Waals surface area contributed by atoms with Crippen LogP contribution in [0.25, 0.3) is 0 Å². The van der Waals surface area contributed by atoms with Crippen molar-refractivity contribution in [1.29, 1.82) is 0 Å². The van der Waals surface area contributed by atoms with E-state index in [1.165, 1.54) is 22.3 Å². The average molecular weight is 248 g/mol. The molecule has 2 rings (SSSR count). The Labute approximate surface area is 110 Å². The second-order valence-corrected chi connectivity index (χ2v) is 6.26. The maximum absolute atomic E-state index is 10.4. The molecule has 0 spiro atoms. The molecule has 0 saturated carbocycles. The molecule has 1 atom stereocenters. The van der Waals surface area contributed by atoms with E-state index in [1.807, 2.05) is 0 Å². The molecular formula is C16H24O2. The van der Waals surface area contributed by atoms with E-state index in [2.05, 4.69) is 33.8 Å². The summed E-state index contributed by atoms with van der Waals surface area (Å²) in [5, 5.41) is 19.4. The van der Waals surface area contributed by atoms with Crippen molar-refractivity contribution in [3.05, 3.63) is 33.9 Å². The zero-order chi connectivity index (χ0) is 13.5. The fourth-order valence-corrected chi connectivity index (χ4v) is 3.19. The first kappa shape index (κ1) is 13.6. The van der Waals surface area contributed by atoms with Gasteiger partial charge in [-0.2, -0.15) is 0 Å². The van der Waals surface area contributed by atoms with Gasteiger partial charge in [0.25, 0.3) is 0 Å². The summed E-state index contributed by atoms with van der Waals surface area (Å²) in [6.07, 6.45) is 2.34. The standard InChI is InChI=1S/C16H24O2/c1-10-8-13-14(9-16(3,4)15(13)18)11(2)12(10)6-5-7-17/h8,15,17-18H,5-7,9H2,1-4H3. The van der Waals surface area contributed by atoms with E-state index >= 15 is 0 Å². The van der Waals surface area contributed by atoms with Crippen molar-refractivity contribution in [3.63, 3.8) is 0 Å². The first-order valence-corrected chi connectivity index (χ1v) is 6.79. The maximum Gasteiger partial charge on any atom is 0.0846 e. The zero-order valence-electron chi connectivity index (χ0n) is 11.9. The number of aliphatic hydroxyl groups excluding tert-OH is 2. The van der Waals surface area contributed by atoms with Gasteiger partial charge in [-0.05, 0) is 66.3 Å². The van der Waals surface area contributed by atoms with Crippen molar-refractivity contribution in [2.45, 2.75) is 53.1 Å². The molecule has 1 aromatic rings. The van der Waals surface area contributed by atoms with Crippen LogP contribution in [-0.4, -0.2) is 16.8 Å². The van der Waals surface area contributed by atoms with Crippen LogP contribution in [0.15, 0.2) is 6.07 Å². The summed E-state index contributed by atoms with van der Waals surface area (Å²) in [5.74, 6) is 0. The van der Waals surface area contributed by atoms with Gasteiger partial charge in [0.05, 0.1) is 6.10 Å². The van der Waals surface area contributed by atoms with Crippen LogP contribution in [-0.2, 0) is 12.8 Å². The van der Waals surface area contributed by atoms with Crippen molar-refractivity contribution in [2.24, 2.45) is 5.41 Å². The van der Waals surface area contributed by atoms with Crippen LogP contribution >= 0.6 is 0 Å². The van der Waals surface area contributed by atoms with Gasteiger partial charge >= 0.3 is 0 Å². The second kappa shape index (κ2) is 4.67. The van der Waals surface area contributed by atoms with E-state index < -0.39 is 0 Å². The largest absolute Gasteiger partial charge is 0.396 e. The SMILES string of the molecule is Cc1cc2c(c(C)c1CCCO)CC(C)(C)C2O. The summed E-state index contributed by atoms with van der Waals surface area (Å²) in [7, 11) is 0. The van der Waals surface area contributed by atoms with E-state index in [4.69, 9.17) is 5.11 Å². The number of benzene rings is 1. The highest BCUT2D eigenvalue weighted by Gasteiger charge is 2.39. The Morgan fingerprint density at radius 1 is 1.33 bits per heavy atom. The van der Waals surface area contributed by atoms with Crippen LogP contribution in [0.5, 0.6) is 0 Å². The number of aryl methyl sites for hydroxylation is 1. The summed E-state index contributed by atoms with van der Waals surface area (Å²) < 4.78 is 0. The number of aliphatic hydroxyl groups is 2. The van der Waals surface area contributed by atoms with Crippen LogP contribution < -0.4 is 0 Å². The Morgan fingerprint density at radius 2 is 2.00 bits per heavy atom. The van der Waals surface area contributed by atoms with Crippen LogP contribution in [0, 0.1) is 19.3 Å². The number of fused-ring (bicyclic) bond motifs is 1. The van der Waals surface area contributed by atoms with E-state index in [-0.39, 0.29) is 18.1 Å². The molecule has 0 saturated heterocycles. The third-order valence-electron chi connectivity index (χ3n) is 4.35. The second-order valence-electron chi connectivity index (χ2n) is 6.26. The first-order valence-electron chi connectivity index (χ1n) is 6.79. The summed E-state index contributed by atoms with van der Waals surface area (Å²) in [4.78, 5) is 0. The van der Waals surface area contributed by atoms with E-state index in [1.54, 1.807) is 0 Å². The maximum atomic E-state index is 10.4. The van der Waals surface area contributed by atoms with Gasteiger partial charge in [0, 0.05) is 6.61 Å². The van der Waals surface area contributed by atoms with Crippen molar-refractivity contribution >= 4 is 0 Å². The van der Waals surface area contributed by atoms with Crippen molar-refractivity contribution < 1.29 is 10.2 Å². The minimum atomic E-state index is -0.350. The van der Waals surface area contributed by atoms with Gasteiger partial charge in [-0.15, -0.1) is 0 Å². The highest BCUT2D eigenvalue weighted by molar-refractivity contribution is 5.49. The Bertz CT molecular complexity index is 461. The molecule has 2 nitrogen and oxygen atoms in total. The smallest absolute Gasteiger partial charge is 0.0846 e. The normalized spacial score (nSPS) is 21.1. The number of hydrogen-bond donors (Lipinski definition) is 2. The highest BCUT2D eigenvalue weighted by atomic mass is 16.3. The predicted octanol–water partition coefficient (Wildman–Crippen LogP) is 2.84. The lowest BCUT2D eigenvalue weighted by Crippen LogP contribution is -2.16. The lowest BCUT2D eigenvalue weighted by atomic mass is 9.87. The predicted molar refractivity (Wildman–Crippen MR) is 73.8 cm³/mol. The lowest BCUT2D eigenvalue weighted by molar-refractivity contribution is 0.0665. The highest BCUT2D eigenvalue weighted by Crippen LogP contribution is 2.47. The van der Waals surface area contributed by atoms with Crippen molar-refractivity contribution in [3.8, 4) is 0 Å². The van der Waals surface area contributed by atoms with Crippen molar-refractivity contribution in [1.82, 2.24) is 0 Å². The van der Waals surface area contributed by atoms with E-state index in [9.17, 15) is 5.11 Å². The molecular weight excluding hydrogens is 224 g/mol. The Balaban J connectivity index is 2.47. The molecule has 0 aromatic heterocycles. The fourth-order valence-electron chi connectivity index (χ4n) is 3.19. The quantitative estimate of drug-likeness (QED) is 0.863. The van der Waals surface area contributed by atoms with Gasteiger partial charge in [-0.3, -0.25) is 0 Å². The van der Waals surface area contributed by atoms with Crippen LogP contribution in [0.1, 0.15) is 54.2 Å². The van der Waals surface area contributed by atoms with Gasteiger partial charge in [-0.1, -0.05) is 19.9 Å². The van der Waals surface area contributed by atoms with Crippen LogP contribution in [0.2, 0.25) is 0 Å². The Kier molecular flexibility index (Phi) is 3.52. The van der Waals surface area contributed by atoms with Crippen LogP contribution in [0.4, 0.5) is 0 Å². The molecule has 2 heteroatoms. The fraction of sp³-hybridized carbons (Fsp3) is 0.625. The molecule has 18 heavy (non-hydrogen) atoms. The topological polar surface area (TPSA) is 40.5 Å². The minimum Gasteiger partial charge on any atom is -0.396 e. The number of rotatable bonds is 3. The molecule has 1 unspecified atom stereocenters. The molecule has 0 amide bonds. The molecule has 0 aliphatic heterocycles. The number of hydrogen-bond acceptors (Lipinski definition) is 2. The van der Waals surface area contributed by atoms with Gasteiger partial charge < -0.3 is 10.2 Å². The lowest BCUT2D eigenvalue weighted by Gasteiger charge is -2.22. The summed E-state index contributed by atoms with van der Waals surface area (Å²) >= 11 is 0. The molecule has 0 bridgehead atoms. The third kappa shape index (κ3) is 2.08. The van der Waals surface area contributed by atoms with Crippen molar-refractivity contribution in [2.75, 3.05) is 6.61 Å². The summed E-state index contributed by atoms with van der Waals surface area (Å²) in [6.45, 7) is 8.76. The average Bonchev–Trinajstić information content (AvgIpc) is 2.52. The van der Waals surface area contributed by atoms with Gasteiger partial charge in [-0.25, -0.2) is 0 Å².